The first-order chi connectivity index (χ1) is 9.87. The van der Waals surface area contributed by atoms with Crippen molar-refractivity contribution >= 4 is 11.6 Å². The van der Waals surface area contributed by atoms with Gasteiger partial charge >= 0.3 is 0 Å². The van der Waals surface area contributed by atoms with Crippen LogP contribution in [0, 0.1) is 11.7 Å². The maximum Gasteiger partial charge on any atom is 0.142 e. The van der Waals surface area contributed by atoms with E-state index in [1.807, 2.05) is 6.07 Å². The molecule has 2 unspecified atom stereocenters. The second-order valence-electron chi connectivity index (χ2n) is 6.68. The third kappa shape index (κ3) is 3.58. The molecule has 2 atom stereocenters. The first-order valence-corrected chi connectivity index (χ1v) is 8.16. The fourth-order valence-electron chi connectivity index (χ4n) is 2.91. The van der Waals surface area contributed by atoms with Crippen LogP contribution in [0.5, 0.6) is 0 Å². The second-order valence-corrected chi connectivity index (χ2v) is 7.05. The van der Waals surface area contributed by atoms with Gasteiger partial charge in [-0.15, -0.1) is 0 Å². The Balaban J connectivity index is 2.22. The summed E-state index contributed by atoms with van der Waals surface area (Å²) in [7, 11) is 0. The summed E-state index contributed by atoms with van der Waals surface area (Å²) in [6.45, 7) is 11.6. The molecule has 1 aliphatic heterocycles. The Bertz CT molecular complexity index is 492. The molecule has 0 radical (unpaired) electrons. The zero-order valence-corrected chi connectivity index (χ0v) is 14.2. The molecule has 21 heavy (non-hydrogen) atoms. The SMILES string of the molecule is CCC1(C)CNC(C(C)C)CN1Cc1cccc(F)c1Cl. The van der Waals surface area contributed by atoms with E-state index in [0.29, 0.717) is 18.5 Å². The van der Waals surface area contributed by atoms with E-state index in [9.17, 15) is 4.39 Å². The zero-order valence-electron chi connectivity index (χ0n) is 13.4. The summed E-state index contributed by atoms with van der Waals surface area (Å²) in [6.07, 6.45) is 1.05. The van der Waals surface area contributed by atoms with Crippen molar-refractivity contribution in [2.24, 2.45) is 5.92 Å². The molecule has 0 amide bonds. The van der Waals surface area contributed by atoms with Gasteiger partial charge in [0.15, 0.2) is 0 Å². The minimum Gasteiger partial charge on any atom is -0.311 e. The minimum atomic E-state index is -0.331. The Morgan fingerprint density at radius 1 is 1.48 bits per heavy atom. The molecule has 4 heteroatoms. The molecular weight excluding hydrogens is 287 g/mol. The Labute approximate surface area is 132 Å². The molecular formula is C17H26ClFN2. The van der Waals surface area contributed by atoms with E-state index >= 15 is 0 Å². The van der Waals surface area contributed by atoms with E-state index < -0.39 is 0 Å². The van der Waals surface area contributed by atoms with Crippen LogP contribution in [0.4, 0.5) is 4.39 Å². The van der Waals surface area contributed by atoms with Gasteiger partial charge in [0.2, 0.25) is 0 Å². The average Bonchev–Trinajstić information content (AvgIpc) is 2.45. The van der Waals surface area contributed by atoms with Gasteiger partial charge < -0.3 is 5.32 Å². The number of benzene rings is 1. The molecule has 118 valence electrons. The minimum absolute atomic E-state index is 0.0844. The third-order valence-electron chi connectivity index (χ3n) is 4.88. The molecule has 0 spiro atoms. The lowest BCUT2D eigenvalue weighted by Gasteiger charge is -2.49. The lowest BCUT2D eigenvalue weighted by Crippen LogP contribution is -2.63. The zero-order chi connectivity index (χ0) is 15.6. The van der Waals surface area contributed by atoms with Crippen LogP contribution in [0.1, 0.15) is 39.7 Å². The lowest BCUT2D eigenvalue weighted by atomic mass is 9.89. The highest BCUT2D eigenvalue weighted by Gasteiger charge is 2.37. The van der Waals surface area contributed by atoms with Gasteiger partial charge in [-0.2, -0.15) is 0 Å². The van der Waals surface area contributed by atoms with E-state index in [2.05, 4.69) is 37.9 Å². The molecule has 2 nitrogen and oxygen atoms in total. The molecule has 1 fully saturated rings. The quantitative estimate of drug-likeness (QED) is 0.901. The summed E-state index contributed by atoms with van der Waals surface area (Å²) in [4.78, 5) is 2.45. The van der Waals surface area contributed by atoms with Crippen LogP contribution in [0.25, 0.3) is 0 Å². The Morgan fingerprint density at radius 3 is 2.81 bits per heavy atom. The monoisotopic (exact) mass is 312 g/mol. The number of halogens is 2. The van der Waals surface area contributed by atoms with Crippen LogP contribution in [0.2, 0.25) is 5.02 Å². The van der Waals surface area contributed by atoms with Gasteiger partial charge in [-0.1, -0.05) is 44.5 Å². The summed E-state index contributed by atoms with van der Waals surface area (Å²) in [5, 5.41) is 3.91. The molecule has 0 aromatic heterocycles. The number of hydrogen-bond acceptors (Lipinski definition) is 2. The van der Waals surface area contributed by atoms with E-state index in [1.54, 1.807) is 6.07 Å². The van der Waals surface area contributed by atoms with Crippen LogP contribution in [0.3, 0.4) is 0 Å². The van der Waals surface area contributed by atoms with Gasteiger partial charge in [0.25, 0.3) is 0 Å². The highest BCUT2D eigenvalue weighted by atomic mass is 35.5. The molecule has 0 aliphatic carbocycles. The van der Waals surface area contributed by atoms with Gasteiger partial charge in [-0.05, 0) is 30.9 Å². The number of rotatable bonds is 4. The van der Waals surface area contributed by atoms with Gasteiger partial charge in [-0.3, -0.25) is 4.90 Å². The fraction of sp³-hybridized carbons (Fsp3) is 0.647. The molecule has 1 aliphatic rings. The standard InChI is InChI=1S/C17H26ClFN2/c1-5-17(4)11-20-15(12(2)3)10-21(17)9-13-7-6-8-14(19)16(13)18/h6-8,12,15,20H,5,9-11H2,1-4H3. The van der Waals surface area contributed by atoms with Gasteiger partial charge in [0, 0.05) is 31.2 Å². The van der Waals surface area contributed by atoms with Crippen molar-refractivity contribution in [2.45, 2.75) is 52.2 Å². The second kappa shape index (κ2) is 6.64. The van der Waals surface area contributed by atoms with Gasteiger partial charge in [0.1, 0.15) is 5.82 Å². The summed E-state index contributed by atoms with van der Waals surface area (Å²) in [6, 6.07) is 5.55. The van der Waals surface area contributed by atoms with E-state index in [-0.39, 0.29) is 16.4 Å². The van der Waals surface area contributed by atoms with Crippen LogP contribution in [-0.2, 0) is 6.54 Å². The largest absolute Gasteiger partial charge is 0.311 e. The fourth-order valence-corrected chi connectivity index (χ4v) is 3.10. The summed E-state index contributed by atoms with van der Waals surface area (Å²) >= 11 is 6.13. The highest BCUT2D eigenvalue weighted by Crippen LogP contribution is 2.29. The predicted molar refractivity (Wildman–Crippen MR) is 87.1 cm³/mol. The third-order valence-corrected chi connectivity index (χ3v) is 5.31. The Kier molecular flexibility index (Phi) is 5.29. The molecule has 0 saturated carbocycles. The number of piperazine rings is 1. The average molecular weight is 313 g/mol. The first-order valence-electron chi connectivity index (χ1n) is 7.78. The van der Waals surface area contributed by atoms with Crippen LogP contribution in [0.15, 0.2) is 18.2 Å². The van der Waals surface area contributed by atoms with Crippen LogP contribution < -0.4 is 5.32 Å². The maximum absolute atomic E-state index is 13.6. The molecule has 2 rings (SSSR count). The summed E-state index contributed by atoms with van der Waals surface area (Å²) in [5.74, 6) is 0.250. The molecule has 0 bridgehead atoms. The van der Waals surface area contributed by atoms with Gasteiger partial charge in [-0.25, -0.2) is 4.39 Å². The van der Waals surface area contributed by atoms with E-state index in [1.165, 1.54) is 6.07 Å². The summed E-state index contributed by atoms with van der Waals surface area (Å²) in [5.41, 5.74) is 0.960. The number of hydrogen-bond donors (Lipinski definition) is 1. The summed E-state index contributed by atoms with van der Waals surface area (Å²) < 4.78 is 13.6. The Hall–Kier alpha value is -0.640. The van der Waals surface area contributed by atoms with Crippen molar-refractivity contribution in [1.29, 1.82) is 0 Å². The molecule has 1 heterocycles. The number of nitrogens with zero attached hydrogens (tertiary/aromatic N) is 1. The van der Waals surface area contributed by atoms with E-state index in [4.69, 9.17) is 11.6 Å². The van der Waals surface area contributed by atoms with Crippen molar-refractivity contribution in [3.05, 3.63) is 34.6 Å². The number of nitrogens with one attached hydrogen (secondary N) is 1. The molecule has 1 N–H and O–H groups in total. The smallest absolute Gasteiger partial charge is 0.142 e. The molecule has 1 aromatic carbocycles. The molecule has 1 aromatic rings. The first kappa shape index (κ1) is 16.7. The van der Waals surface area contributed by atoms with Crippen LogP contribution >= 0.6 is 11.6 Å². The van der Waals surface area contributed by atoms with Crippen LogP contribution in [-0.4, -0.2) is 29.6 Å². The lowest BCUT2D eigenvalue weighted by molar-refractivity contribution is 0.0316. The van der Waals surface area contributed by atoms with Crippen molar-refractivity contribution in [3.63, 3.8) is 0 Å². The van der Waals surface area contributed by atoms with Gasteiger partial charge in [0.05, 0.1) is 5.02 Å². The van der Waals surface area contributed by atoms with Crippen molar-refractivity contribution in [2.75, 3.05) is 13.1 Å². The van der Waals surface area contributed by atoms with Crippen molar-refractivity contribution in [1.82, 2.24) is 10.2 Å². The maximum atomic E-state index is 13.6. The van der Waals surface area contributed by atoms with Crippen molar-refractivity contribution in [3.8, 4) is 0 Å². The van der Waals surface area contributed by atoms with E-state index in [0.717, 1.165) is 25.1 Å². The normalized spacial score (nSPS) is 27.3. The topological polar surface area (TPSA) is 15.3 Å². The Morgan fingerprint density at radius 2 is 2.19 bits per heavy atom. The molecule has 1 saturated heterocycles. The predicted octanol–water partition coefficient (Wildman–Crippen LogP) is 4.08. The highest BCUT2D eigenvalue weighted by molar-refractivity contribution is 6.31. The van der Waals surface area contributed by atoms with Crippen molar-refractivity contribution < 1.29 is 4.39 Å².